The largest absolute Gasteiger partial charge is 0.342 e. The van der Waals surface area contributed by atoms with Gasteiger partial charge in [-0.15, -0.1) is 0 Å². The molecule has 5 nitrogen and oxygen atoms in total. The van der Waals surface area contributed by atoms with Gasteiger partial charge in [-0.05, 0) is 74.7 Å². The number of aromatic nitrogens is 2. The maximum Gasteiger partial charge on any atom is 0.225 e. The number of hydrogen-bond donors (Lipinski definition) is 0. The Morgan fingerprint density at radius 1 is 1.00 bits per heavy atom. The Labute approximate surface area is 156 Å². The predicted molar refractivity (Wildman–Crippen MR) is 101 cm³/mol. The van der Waals surface area contributed by atoms with E-state index >= 15 is 0 Å². The average Bonchev–Trinajstić information content (AvgIpc) is 2.67. The number of carbonyl (C=O) groups excluding carboxylic acids is 1. The molecule has 0 aromatic carbocycles. The normalized spacial score (nSPS) is 36.3. The molecule has 0 spiro atoms. The van der Waals surface area contributed by atoms with Gasteiger partial charge in [-0.2, -0.15) is 0 Å². The van der Waals surface area contributed by atoms with Crippen LogP contribution < -0.4 is 4.90 Å². The monoisotopic (exact) mass is 354 g/mol. The fourth-order valence-corrected chi connectivity index (χ4v) is 6.74. The fourth-order valence-electron chi connectivity index (χ4n) is 6.74. The van der Waals surface area contributed by atoms with Gasteiger partial charge in [-0.25, -0.2) is 9.97 Å². The van der Waals surface area contributed by atoms with Crippen molar-refractivity contribution < 1.29 is 4.79 Å². The summed E-state index contributed by atoms with van der Waals surface area (Å²) in [5, 5.41) is 0. The molecule has 0 unspecified atom stereocenters. The van der Waals surface area contributed by atoms with Crippen molar-refractivity contribution in [2.24, 2.45) is 29.6 Å². The van der Waals surface area contributed by atoms with Gasteiger partial charge < -0.3 is 9.80 Å². The highest BCUT2D eigenvalue weighted by Gasteiger charge is 2.50. The minimum Gasteiger partial charge on any atom is -0.342 e. The summed E-state index contributed by atoms with van der Waals surface area (Å²) in [5.41, 5.74) is 0. The smallest absolute Gasteiger partial charge is 0.225 e. The molecule has 1 aromatic heterocycles. The molecule has 4 saturated carbocycles. The Morgan fingerprint density at radius 2 is 1.58 bits per heavy atom. The van der Waals surface area contributed by atoms with E-state index in [2.05, 4.69) is 26.8 Å². The van der Waals surface area contributed by atoms with Gasteiger partial charge in [0.1, 0.15) is 0 Å². The van der Waals surface area contributed by atoms with E-state index in [-0.39, 0.29) is 5.92 Å². The van der Waals surface area contributed by atoms with Gasteiger partial charge >= 0.3 is 0 Å². The van der Waals surface area contributed by atoms with E-state index in [9.17, 15) is 4.79 Å². The first-order valence-corrected chi connectivity index (χ1v) is 10.5. The number of piperidine rings is 1. The third kappa shape index (κ3) is 2.80. The lowest BCUT2D eigenvalue weighted by Gasteiger charge is -2.57. The second kappa shape index (κ2) is 6.50. The minimum atomic E-state index is 0.178. The number of nitrogens with zero attached hydrogens (tertiary/aromatic N) is 4. The highest BCUT2D eigenvalue weighted by molar-refractivity contribution is 5.79. The number of hydrogen-bond acceptors (Lipinski definition) is 4. The van der Waals surface area contributed by atoms with Crippen LogP contribution >= 0.6 is 0 Å². The van der Waals surface area contributed by atoms with Gasteiger partial charge in [0.15, 0.2) is 0 Å². The predicted octanol–water partition coefficient (Wildman–Crippen LogP) is 2.98. The third-order valence-electron chi connectivity index (χ3n) is 7.65. The second-order valence-corrected chi connectivity index (χ2v) is 9.18. The molecule has 0 radical (unpaired) electrons. The standard InChI is InChI=1S/C21H30N4O/c1-24(19-17-10-14-9-15(12-17)13-18(19)11-14)20(26)16-3-7-25(8-4-16)21-22-5-2-6-23-21/h2,5-6,14-19H,3-4,7-13H2,1H3. The molecule has 1 amide bonds. The highest BCUT2D eigenvalue weighted by Crippen LogP contribution is 2.55. The molecule has 1 aliphatic heterocycles. The van der Waals surface area contributed by atoms with Crippen LogP contribution in [-0.4, -0.2) is 47.0 Å². The molecule has 1 saturated heterocycles. The fraction of sp³-hybridized carbons (Fsp3) is 0.762. The maximum atomic E-state index is 13.2. The summed E-state index contributed by atoms with van der Waals surface area (Å²) in [4.78, 5) is 26.3. The number of rotatable bonds is 3. The summed E-state index contributed by atoms with van der Waals surface area (Å²) in [6, 6.07) is 2.37. The molecule has 4 aliphatic carbocycles. The van der Waals surface area contributed by atoms with Crippen molar-refractivity contribution in [1.82, 2.24) is 14.9 Å². The van der Waals surface area contributed by atoms with Crippen molar-refractivity contribution in [1.29, 1.82) is 0 Å². The Morgan fingerprint density at radius 3 is 2.15 bits per heavy atom. The Bertz CT molecular complexity index is 627. The highest BCUT2D eigenvalue weighted by atomic mass is 16.2. The lowest BCUT2D eigenvalue weighted by atomic mass is 9.54. The average molecular weight is 354 g/mol. The first-order chi connectivity index (χ1) is 12.7. The van der Waals surface area contributed by atoms with Gasteiger partial charge in [0.05, 0.1) is 0 Å². The Balaban J connectivity index is 1.22. The Hall–Kier alpha value is -1.65. The van der Waals surface area contributed by atoms with Crippen molar-refractivity contribution in [3.63, 3.8) is 0 Å². The quantitative estimate of drug-likeness (QED) is 0.837. The van der Waals surface area contributed by atoms with E-state index in [0.717, 1.165) is 55.6 Å². The van der Waals surface area contributed by atoms with E-state index in [1.165, 1.54) is 32.1 Å². The molecular weight excluding hydrogens is 324 g/mol. The van der Waals surface area contributed by atoms with E-state index in [1.54, 1.807) is 12.4 Å². The summed E-state index contributed by atoms with van der Waals surface area (Å²) in [6.45, 7) is 1.77. The van der Waals surface area contributed by atoms with Gasteiger partial charge in [0, 0.05) is 44.5 Å². The van der Waals surface area contributed by atoms with Crippen LogP contribution in [0.4, 0.5) is 5.95 Å². The van der Waals surface area contributed by atoms with Gasteiger partial charge in [0.25, 0.3) is 0 Å². The van der Waals surface area contributed by atoms with Crippen LogP contribution in [0.15, 0.2) is 18.5 Å². The van der Waals surface area contributed by atoms with Crippen molar-refractivity contribution in [3.05, 3.63) is 18.5 Å². The molecule has 1 aromatic rings. The number of amides is 1. The molecule has 140 valence electrons. The van der Waals surface area contributed by atoms with Crippen molar-refractivity contribution >= 4 is 11.9 Å². The van der Waals surface area contributed by atoms with Crippen LogP contribution in [0.5, 0.6) is 0 Å². The zero-order chi connectivity index (χ0) is 17.7. The molecule has 26 heavy (non-hydrogen) atoms. The third-order valence-corrected chi connectivity index (χ3v) is 7.65. The molecule has 6 rings (SSSR count). The molecule has 0 N–H and O–H groups in total. The van der Waals surface area contributed by atoms with Gasteiger partial charge in [-0.3, -0.25) is 4.79 Å². The maximum absolute atomic E-state index is 13.2. The van der Waals surface area contributed by atoms with E-state index in [0.29, 0.717) is 11.9 Å². The summed E-state index contributed by atoms with van der Waals surface area (Å²) >= 11 is 0. The van der Waals surface area contributed by atoms with Crippen LogP contribution in [0, 0.1) is 29.6 Å². The molecule has 0 atom stereocenters. The van der Waals surface area contributed by atoms with Gasteiger partial charge in [-0.1, -0.05) is 0 Å². The van der Waals surface area contributed by atoms with E-state index in [1.807, 2.05) is 6.07 Å². The van der Waals surface area contributed by atoms with E-state index in [4.69, 9.17) is 0 Å². The van der Waals surface area contributed by atoms with Crippen LogP contribution in [-0.2, 0) is 4.79 Å². The van der Waals surface area contributed by atoms with Crippen molar-refractivity contribution in [2.75, 3.05) is 25.0 Å². The molecule has 4 bridgehead atoms. The summed E-state index contributed by atoms with van der Waals surface area (Å²) < 4.78 is 0. The minimum absolute atomic E-state index is 0.178. The zero-order valence-electron chi connectivity index (χ0n) is 15.8. The summed E-state index contributed by atoms with van der Waals surface area (Å²) in [6.07, 6.45) is 12.4. The lowest BCUT2D eigenvalue weighted by molar-refractivity contribution is -0.146. The Kier molecular flexibility index (Phi) is 4.13. The van der Waals surface area contributed by atoms with Crippen LogP contribution in [0.3, 0.4) is 0 Å². The van der Waals surface area contributed by atoms with Crippen LogP contribution in [0.2, 0.25) is 0 Å². The second-order valence-electron chi connectivity index (χ2n) is 9.18. The van der Waals surface area contributed by atoms with Crippen molar-refractivity contribution in [2.45, 2.75) is 51.0 Å². The van der Waals surface area contributed by atoms with Crippen LogP contribution in [0.1, 0.15) is 44.9 Å². The molecule has 5 fully saturated rings. The van der Waals surface area contributed by atoms with Crippen molar-refractivity contribution in [3.8, 4) is 0 Å². The number of anilines is 1. The van der Waals surface area contributed by atoms with Crippen LogP contribution in [0.25, 0.3) is 0 Å². The van der Waals surface area contributed by atoms with E-state index < -0.39 is 0 Å². The zero-order valence-corrected chi connectivity index (χ0v) is 15.8. The summed E-state index contributed by atoms with van der Waals surface area (Å²) in [5.74, 6) is 4.86. The van der Waals surface area contributed by atoms with Gasteiger partial charge in [0.2, 0.25) is 11.9 Å². The molecule has 2 heterocycles. The first kappa shape index (κ1) is 16.5. The molecule has 5 heteroatoms. The number of carbonyl (C=O) groups is 1. The first-order valence-electron chi connectivity index (χ1n) is 10.5. The lowest BCUT2D eigenvalue weighted by Crippen LogP contribution is -2.57. The molecule has 5 aliphatic rings. The topological polar surface area (TPSA) is 49.3 Å². The SMILES string of the molecule is CN(C(=O)C1CCN(c2ncccn2)CC1)C1C2CC3CC(C2)CC1C3. The summed E-state index contributed by atoms with van der Waals surface area (Å²) in [7, 11) is 2.10. The molecular formula is C21H30N4O.